The first-order chi connectivity index (χ1) is 9.24. The molecule has 7 heteroatoms. The van der Waals surface area contributed by atoms with Crippen LogP contribution in [0.3, 0.4) is 0 Å². The van der Waals surface area contributed by atoms with Gasteiger partial charge in [-0.2, -0.15) is 0 Å². The van der Waals surface area contributed by atoms with Gasteiger partial charge in [0, 0.05) is 26.4 Å². The second-order valence-corrected chi connectivity index (χ2v) is 6.72. The van der Waals surface area contributed by atoms with E-state index >= 15 is 0 Å². The van der Waals surface area contributed by atoms with Crippen LogP contribution in [-0.4, -0.2) is 62.1 Å². The van der Waals surface area contributed by atoms with Gasteiger partial charge in [0.25, 0.3) is 0 Å². The molecule has 0 saturated carbocycles. The van der Waals surface area contributed by atoms with Gasteiger partial charge in [-0.1, -0.05) is 0 Å². The molecule has 2 N–H and O–H groups in total. The molecule has 0 atom stereocenters. The molecule has 116 valence electrons. The summed E-state index contributed by atoms with van der Waals surface area (Å²) < 4.78 is 27.7. The Hall–Kier alpha value is -0.0231. The molecule has 0 bridgehead atoms. The molecule has 0 aromatic rings. The van der Waals surface area contributed by atoms with Crippen LogP contribution in [-0.2, 0) is 22.8 Å². The van der Waals surface area contributed by atoms with Crippen molar-refractivity contribution < 1.29 is 22.8 Å². The Balaban J connectivity index is 4.15. The molecule has 0 heterocycles. The van der Waals surface area contributed by atoms with Gasteiger partial charge < -0.3 is 28.5 Å². The second kappa shape index (κ2) is 13.0. The summed E-state index contributed by atoms with van der Waals surface area (Å²) >= 11 is 0. The van der Waals surface area contributed by atoms with Gasteiger partial charge >= 0.3 is 8.80 Å². The van der Waals surface area contributed by atoms with Gasteiger partial charge in [0.1, 0.15) is 0 Å². The molecular formula is C12H29NO5Si. The molecule has 0 amide bonds. The highest BCUT2D eigenvalue weighted by atomic mass is 28.4. The predicted octanol–water partition coefficient (Wildman–Crippen LogP) is 1.03. The van der Waals surface area contributed by atoms with Crippen LogP contribution in [0.4, 0.5) is 0 Å². The molecule has 0 saturated heterocycles. The summed E-state index contributed by atoms with van der Waals surface area (Å²) in [7, 11) is -1.00. The first-order valence-electron chi connectivity index (χ1n) is 6.93. The van der Waals surface area contributed by atoms with Crippen LogP contribution in [0.25, 0.3) is 0 Å². The van der Waals surface area contributed by atoms with E-state index in [1.807, 2.05) is 13.8 Å². The SMILES string of the molecule is CCOCCO[Si](CCCN)(OC)OCCOCC. The fourth-order valence-electron chi connectivity index (χ4n) is 1.53. The Labute approximate surface area is 117 Å². The average Bonchev–Trinajstić information content (AvgIpc) is 2.45. The van der Waals surface area contributed by atoms with E-state index in [0.29, 0.717) is 46.2 Å². The first-order valence-corrected chi connectivity index (χ1v) is 8.86. The van der Waals surface area contributed by atoms with E-state index < -0.39 is 8.80 Å². The fraction of sp³-hybridized carbons (Fsp3) is 1.00. The van der Waals surface area contributed by atoms with Gasteiger partial charge in [-0.05, 0) is 26.8 Å². The highest BCUT2D eigenvalue weighted by Gasteiger charge is 2.39. The minimum absolute atomic E-state index is 0.479. The monoisotopic (exact) mass is 295 g/mol. The van der Waals surface area contributed by atoms with Crippen LogP contribution >= 0.6 is 0 Å². The van der Waals surface area contributed by atoms with E-state index in [1.165, 1.54) is 0 Å². The van der Waals surface area contributed by atoms with Gasteiger partial charge in [0.15, 0.2) is 0 Å². The highest BCUT2D eigenvalue weighted by molar-refractivity contribution is 6.60. The summed E-state index contributed by atoms with van der Waals surface area (Å²) in [4.78, 5) is 0. The van der Waals surface area contributed by atoms with Gasteiger partial charge in [0.2, 0.25) is 0 Å². The molecule has 19 heavy (non-hydrogen) atoms. The van der Waals surface area contributed by atoms with Crippen LogP contribution in [0.15, 0.2) is 0 Å². The topological polar surface area (TPSA) is 72.2 Å². The standard InChI is InChI=1S/C12H29NO5Si/c1-4-15-8-10-17-19(14-3,12-6-7-13)18-11-9-16-5-2/h4-13H2,1-3H3. The lowest BCUT2D eigenvalue weighted by Crippen LogP contribution is -2.46. The number of hydrogen-bond acceptors (Lipinski definition) is 6. The third kappa shape index (κ3) is 9.50. The molecule has 0 aliphatic rings. The summed E-state index contributed by atoms with van der Waals surface area (Å²) in [5.41, 5.74) is 5.55. The van der Waals surface area contributed by atoms with Crippen molar-refractivity contribution in [1.82, 2.24) is 0 Å². The zero-order chi connectivity index (χ0) is 14.4. The second-order valence-electron chi connectivity index (χ2n) is 3.87. The largest absolute Gasteiger partial charge is 0.500 e. The number of hydrogen-bond donors (Lipinski definition) is 1. The van der Waals surface area contributed by atoms with Gasteiger partial charge in [0.05, 0.1) is 26.4 Å². The smallest absolute Gasteiger partial charge is 0.379 e. The van der Waals surface area contributed by atoms with Crippen LogP contribution in [0, 0.1) is 0 Å². The Bertz CT molecular complexity index is 185. The van der Waals surface area contributed by atoms with E-state index in [1.54, 1.807) is 7.11 Å². The first kappa shape index (κ1) is 19.0. The van der Waals surface area contributed by atoms with E-state index in [0.717, 1.165) is 12.5 Å². The van der Waals surface area contributed by atoms with E-state index in [2.05, 4.69) is 0 Å². The summed E-state index contributed by atoms with van der Waals surface area (Å²) in [5, 5.41) is 0. The third-order valence-corrected chi connectivity index (χ3v) is 5.38. The molecule has 0 unspecified atom stereocenters. The van der Waals surface area contributed by atoms with E-state index in [4.69, 9.17) is 28.5 Å². The molecular weight excluding hydrogens is 266 g/mol. The maximum absolute atomic E-state index is 5.82. The minimum atomic E-state index is -2.63. The van der Waals surface area contributed by atoms with Gasteiger partial charge in [-0.25, -0.2) is 0 Å². The van der Waals surface area contributed by atoms with Crippen molar-refractivity contribution in [3.8, 4) is 0 Å². The number of rotatable bonds is 14. The Morgan fingerprint density at radius 3 is 1.79 bits per heavy atom. The minimum Gasteiger partial charge on any atom is -0.379 e. The zero-order valence-electron chi connectivity index (χ0n) is 12.5. The van der Waals surface area contributed by atoms with Crippen LogP contribution in [0.2, 0.25) is 6.04 Å². The summed E-state index contributed by atoms with van der Waals surface area (Å²) in [5.74, 6) is 0. The molecule has 0 aliphatic heterocycles. The third-order valence-electron chi connectivity index (χ3n) is 2.51. The van der Waals surface area contributed by atoms with Crippen molar-refractivity contribution in [3.05, 3.63) is 0 Å². The number of nitrogens with two attached hydrogens (primary N) is 1. The maximum Gasteiger partial charge on any atom is 0.500 e. The summed E-state index contributed by atoms with van der Waals surface area (Å²) in [6, 6.07) is 0.720. The predicted molar refractivity (Wildman–Crippen MR) is 76.1 cm³/mol. The average molecular weight is 295 g/mol. The lowest BCUT2D eigenvalue weighted by Gasteiger charge is -2.28. The van der Waals surface area contributed by atoms with E-state index in [9.17, 15) is 0 Å². The van der Waals surface area contributed by atoms with Crippen LogP contribution in [0.5, 0.6) is 0 Å². The Morgan fingerprint density at radius 1 is 0.895 bits per heavy atom. The highest BCUT2D eigenvalue weighted by Crippen LogP contribution is 2.16. The summed E-state index contributed by atoms with van der Waals surface area (Å²) in [6.45, 7) is 7.92. The molecule has 0 radical (unpaired) electrons. The fourth-order valence-corrected chi connectivity index (χ4v) is 3.76. The van der Waals surface area contributed by atoms with Crippen molar-refractivity contribution in [1.29, 1.82) is 0 Å². The van der Waals surface area contributed by atoms with Crippen molar-refractivity contribution in [2.45, 2.75) is 26.3 Å². The lowest BCUT2D eigenvalue weighted by molar-refractivity contribution is 0.0248. The van der Waals surface area contributed by atoms with Crippen molar-refractivity contribution in [2.75, 3.05) is 53.3 Å². The maximum atomic E-state index is 5.82. The molecule has 0 rings (SSSR count). The Morgan fingerprint density at radius 2 is 1.42 bits per heavy atom. The van der Waals surface area contributed by atoms with Crippen molar-refractivity contribution >= 4 is 8.80 Å². The quantitative estimate of drug-likeness (QED) is 0.381. The molecule has 0 fully saturated rings. The molecule has 0 spiro atoms. The normalized spacial score (nSPS) is 12.0. The van der Waals surface area contributed by atoms with Gasteiger partial charge in [-0.15, -0.1) is 0 Å². The van der Waals surface area contributed by atoms with Crippen molar-refractivity contribution in [3.63, 3.8) is 0 Å². The molecule has 0 aromatic heterocycles. The van der Waals surface area contributed by atoms with Gasteiger partial charge in [-0.3, -0.25) is 0 Å². The van der Waals surface area contributed by atoms with E-state index in [-0.39, 0.29) is 0 Å². The van der Waals surface area contributed by atoms with Crippen LogP contribution < -0.4 is 5.73 Å². The summed E-state index contributed by atoms with van der Waals surface area (Å²) in [6.07, 6.45) is 0.823. The lowest BCUT2D eigenvalue weighted by atomic mass is 10.5. The van der Waals surface area contributed by atoms with Crippen molar-refractivity contribution in [2.24, 2.45) is 5.73 Å². The van der Waals surface area contributed by atoms with Crippen LogP contribution in [0.1, 0.15) is 20.3 Å². The zero-order valence-corrected chi connectivity index (χ0v) is 13.5. The molecule has 6 nitrogen and oxygen atoms in total. The Kier molecular flexibility index (Phi) is 13.0. The molecule has 0 aliphatic carbocycles. The molecule has 0 aromatic carbocycles. The number of ether oxygens (including phenoxy) is 2.